The van der Waals surface area contributed by atoms with Gasteiger partial charge in [0.05, 0.1) is 30.1 Å². The number of hydrogen-bond acceptors (Lipinski definition) is 6. The minimum absolute atomic E-state index is 0.0344. The van der Waals surface area contributed by atoms with Gasteiger partial charge in [-0.05, 0) is 36.5 Å². The van der Waals surface area contributed by atoms with Gasteiger partial charge in [0.15, 0.2) is 11.3 Å². The van der Waals surface area contributed by atoms with Crippen LogP contribution in [0.25, 0.3) is 22.3 Å². The van der Waals surface area contributed by atoms with Gasteiger partial charge in [0.25, 0.3) is 5.56 Å². The number of Topliss-reactive ketones (excluding diaryl/α,β-unsaturated/α-hetero) is 1. The summed E-state index contributed by atoms with van der Waals surface area (Å²) in [7, 11) is 1.73. The van der Waals surface area contributed by atoms with Crippen molar-refractivity contribution in [3.05, 3.63) is 81.9 Å². The SMILES string of the molecule is Cn1nc2c(=O)n(CC3(O)CCN(C(=O)CC(c4ccccc4)C(F)F)CC3)cnc2c1-c1ccc2c(c1)CCC2=O. The molecule has 2 aromatic heterocycles. The number of amides is 1. The predicted octanol–water partition coefficient (Wildman–Crippen LogP) is 3.72. The van der Waals surface area contributed by atoms with Crippen LogP contribution in [0.5, 0.6) is 0 Å². The minimum Gasteiger partial charge on any atom is -0.388 e. The maximum atomic E-state index is 13.7. The topological polar surface area (TPSA) is 110 Å². The highest BCUT2D eigenvalue weighted by atomic mass is 19.3. The summed E-state index contributed by atoms with van der Waals surface area (Å²) in [6.07, 6.45) is -0.0412. The van der Waals surface area contributed by atoms with Crippen LogP contribution in [0.1, 0.15) is 53.1 Å². The van der Waals surface area contributed by atoms with Crippen LogP contribution < -0.4 is 5.56 Å². The van der Waals surface area contributed by atoms with Crippen LogP contribution in [0, 0.1) is 0 Å². The summed E-state index contributed by atoms with van der Waals surface area (Å²) in [6, 6.07) is 13.9. The van der Waals surface area contributed by atoms with E-state index in [9.17, 15) is 28.3 Å². The van der Waals surface area contributed by atoms with Crippen molar-refractivity contribution < 1.29 is 23.5 Å². The number of ketones is 1. The van der Waals surface area contributed by atoms with Gasteiger partial charge in [-0.3, -0.25) is 23.6 Å². The van der Waals surface area contributed by atoms with Gasteiger partial charge >= 0.3 is 0 Å². The van der Waals surface area contributed by atoms with E-state index < -0.39 is 23.5 Å². The first kappa shape index (κ1) is 27.9. The molecule has 9 nitrogen and oxygen atoms in total. The Morgan fingerprint density at radius 3 is 2.50 bits per heavy atom. The van der Waals surface area contributed by atoms with Gasteiger partial charge in [0, 0.05) is 44.1 Å². The second-order valence-electron chi connectivity index (χ2n) is 11.3. The van der Waals surface area contributed by atoms with Crippen molar-refractivity contribution in [1.82, 2.24) is 24.2 Å². The fourth-order valence-electron chi connectivity index (χ4n) is 6.15. The van der Waals surface area contributed by atoms with Gasteiger partial charge in [0.1, 0.15) is 5.52 Å². The zero-order valence-electron chi connectivity index (χ0n) is 23.2. The van der Waals surface area contributed by atoms with Crippen molar-refractivity contribution in [3.8, 4) is 11.3 Å². The zero-order chi connectivity index (χ0) is 29.6. The Hall–Kier alpha value is -4.25. The molecule has 6 rings (SSSR count). The quantitative estimate of drug-likeness (QED) is 0.360. The molecule has 0 saturated carbocycles. The summed E-state index contributed by atoms with van der Waals surface area (Å²) in [5.74, 6) is -1.45. The third-order valence-corrected chi connectivity index (χ3v) is 8.55. The number of benzene rings is 2. The minimum atomic E-state index is -2.67. The average molecular weight is 576 g/mol. The van der Waals surface area contributed by atoms with Gasteiger partial charge in [0.2, 0.25) is 12.3 Å². The van der Waals surface area contributed by atoms with Crippen LogP contribution in [0.3, 0.4) is 0 Å². The van der Waals surface area contributed by atoms with Crippen LogP contribution in [-0.2, 0) is 24.8 Å². The number of carbonyl (C=O) groups excluding carboxylic acids is 2. The molecule has 218 valence electrons. The number of rotatable bonds is 7. The van der Waals surface area contributed by atoms with E-state index in [-0.39, 0.29) is 56.1 Å². The Bertz CT molecular complexity index is 1720. The monoisotopic (exact) mass is 575 g/mol. The fourth-order valence-corrected chi connectivity index (χ4v) is 6.15. The molecule has 0 bridgehead atoms. The lowest BCUT2D eigenvalue weighted by atomic mass is 9.90. The van der Waals surface area contributed by atoms with E-state index in [4.69, 9.17) is 0 Å². The Morgan fingerprint density at radius 2 is 1.79 bits per heavy atom. The number of nitrogens with zero attached hydrogens (tertiary/aromatic N) is 5. The van der Waals surface area contributed by atoms with Crippen molar-refractivity contribution in [1.29, 1.82) is 0 Å². The molecule has 1 atom stereocenters. The summed E-state index contributed by atoms with van der Waals surface area (Å²) in [5.41, 5.74) is 2.53. The largest absolute Gasteiger partial charge is 0.388 e. The number of alkyl halides is 2. The smallest absolute Gasteiger partial charge is 0.281 e. The van der Waals surface area contributed by atoms with E-state index in [2.05, 4.69) is 10.1 Å². The van der Waals surface area contributed by atoms with E-state index >= 15 is 0 Å². The van der Waals surface area contributed by atoms with E-state index in [1.54, 1.807) is 42.1 Å². The van der Waals surface area contributed by atoms with Crippen LogP contribution in [0.2, 0.25) is 0 Å². The lowest BCUT2D eigenvalue weighted by molar-refractivity contribution is -0.137. The van der Waals surface area contributed by atoms with E-state index in [1.807, 2.05) is 18.2 Å². The van der Waals surface area contributed by atoms with Crippen molar-refractivity contribution >= 4 is 22.7 Å². The van der Waals surface area contributed by atoms with E-state index in [0.29, 0.717) is 29.6 Å². The highest BCUT2D eigenvalue weighted by Crippen LogP contribution is 2.32. The molecule has 1 saturated heterocycles. The molecule has 1 amide bonds. The van der Waals surface area contributed by atoms with Crippen LogP contribution >= 0.6 is 0 Å². The maximum Gasteiger partial charge on any atom is 0.281 e. The average Bonchev–Trinajstić information content (AvgIpc) is 3.52. The van der Waals surface area contributed by atoms with Gasteiger partial charge in [-0.1, -0.05) is 42.5 Å². The number of fused-ring (bicyclic) bond motifs is 2. The summed E-state index contributed by atoms with van der Waals surface area (Å²) in [6.45, 7) is 0.353. The molecule has 42 heavy (non-hydrogen) atoms. The van der Waals surface area contributed by atoms with Crippen LogP contribution in [-0.4, -0.2) is 66.1 Å². The Labute approximate surface area is 240 Å². The van der Waals surface area contributed by atoms with Gasteiger partial charge in [-0.2, -0.15) is 5.10 Å². The number of piperidine rings is 1. The van der Waals surface area contributed by atoms with Gasteiger partial charge < -0.3 is 10.0 Å². The highest BCUT2D eigenvalue weighted by molar-refractivity contribution is 6.01. The van der Waals surface area contributed by atoms with Crippen molar-refractivity contribution in [2.45, 2.75) is 56.6 Å². The second kappa shape index (κ2) is 10.9. The third kappa shape index (κ3) is 5.13. The van der Waals surface area contributed by atoms with Crippen molar-refractivity contribution in [3.63, 3.8) is 0 Å². The molecule has 11 heteroatoms. The zero-order valence-corrected chi connectivity index (χ0v) is 23.2. The first-order chi connectivity index (χ1) is 20.1. The number of aryl methyl sites for hydroxylation is 2. The molecule has 1 N–H and O–H groups in total. The number of hydrogen-bond donors (Lipinski definition) is 1. The first-order valence-electron chi connectivity index (χ1n) is 14.1. The molecular weight excluding hydrogens is 544 g/mol. The summed E-state index contributed by atoms with van der Waals surface area (Å²) >= 11 is 0. The molecule has 2 aliphatic rings. The molecule has 0 radical (unpaired) electrons. The molecule has 1 aliphatic carbocycles. The molecule has 0 spiro atoms. The standard InChI is InChI=1S/C31H31F2N5O4/c1-36-28(21-7-9-22-20(15-21)8-10-24(22)39)26-27(35-36)30(41)38(18-34-26)17-31(42)11-13-37(14-12-31)25(40)16-23(29(32)33)19-5-3-2-4-6-19/h2-7,9,15,18,23,29,42H,8,10-14,16-17H2,1H3. The van der Waals surface area contributed by atoms with Gasteiger partial charge in [-0.25, -0.2) is 13.8 Å². The number of carbonyl (C=O) groups is 2. The summed E-state index contributed by atoms with van der Waals surface area (Å²) < 4.78 is 30.4. The summed E-state index contributed by atoms with van der Waals surface area (Å²) in [4.78, 5) is 44.4. The Morgan fingerprint density at radius 1 is 1.05 bits per heavy atom. The molecule has 4 aromatic rings. The highest BCUT2D eigenvalue weighted by Gasteiger charge is 2.36. The lowest BCUT2D eigenvalue weighted by Crippen LogP contribution is -2.50. The normalized spacial score (nSPS) is 17.2. The fraction of sp³-hybridized carbons (Fsp3) is 0.387. The third-order valence-electron chi connectivity index (χ3n) is 8.55. The molecule has 2 aromatic carbocycles. The number of halogens is 2. The maximum absolute atomic E-state index is 13.7. The van der Waals surface area contributed by atoms with Crippen LogP contribution in [0.15, 0.2) is 59.7 Å². The van der Waals surface area contributed by atoms with Crippen LogP contribution in [0.4, 0.5) is 8.78 Å². The Balaban J connectivity index is 1.16. The molecule has 1 unspecified atom stereocenters. The van der Waals surface area contributed by atoms with Gasteiger partial charge in [-0.15, -0.1) is 0 Å². The van der Waals surface area contributed by atoms with E-state index in [0.717, 1.165) is 16.7 Å². The predicted molar refractivity (Wildman–Crippen MR) is 151 cm³/mol. The number of aromatic nitrogens is 4. The van der Waals surface area contributed by atoms with Crippen molar-refractivity contribution in [2.24, 2.45) is 7.05 Å². The lowest BCUT2D eigenvalue weighted by Gasteiger charge is -2.38. The number of likely N-dealkylation sites (tertiary alicyclic amines) is 1. The Kier molecular flexibility index (Phi) is 7.22. The second-order valence-corrected chi connectivity index (χ2v) is 11.3. The first-order valence-corrected chi connectivity index (χ1v) is 14.1. The molecule has 3 heterocycles. The molecule has 1 aliphatic heterocycles. The van der Waals surface area contributed by atoms with Crippen molar-refractivity contribution in [2.75, 3.05) is 13.1 Å². The number of aliphatic hydroxyl groups is 1. The molecule has 1 fully saturated rings. The molecular formula is C31H31F2N5O4. The summed E-state index contributed by atoms with van der Waals surface area (Å²) in [5, 5.41) is 15.8. The van der Waals surface area contributed by atoms with E-state index in [1.165, 1.54) is 15.8 Å².